The second-order valence-electron chi connectivity index (χ2n) is 6.92. The SMILES string of the molecule is CCC1COC(C)CN1C1(CN)CCN(C(C)C)CC1. The average molecular weight is 283 g/mol. The van der Waals surface area contributed by atoms with E-state index >= 15 is 0 Å². The van der Waals surface area contributed by atoms with E-state index in [1.165, 1.54) is 25.9 Å². The number of hydrogen-bond donors (Lipinski definition) is 1. The van der Waals surface area contributed by atoms with E-state index in [2.05, 4.69) is 37.5 Å². The zero-order valence-electron chi connectivity index (χ0n) is 13.8. The Bertz CT molecular complexity index is 300. The van der Waals surface area contributed by atoms with Crippen molar-refractivity contribution < 1.29 is 4.74 Å². The number of morpholine rings is 1. The van der Waals surface area contributed by atoms with Crippen LogP contribution >= 0.6 is 0 Å². The van der Waals surface area contributed by atoms with E-state index in [1.54, 1.807) is 0 Å². The lowest BCUT2D eigenvalue weighted by molar-refractivity contribution is -0.113. The van der Waals surface area contributed by atoms with Gasteiger partial charge in [-0.1, -0.05) is 6.92 Å². The van der Waals surface area contributed by atoms with Gasteiger partial charge in [0.1, 0.15) is 0 Å². The van der Waals surface area contributed by atoms with Gasteiger partial charge in [0.2, 0.25) is 0 Å². The summed E-state index contributed by atoms with van der Waals surface area (Å²) in [6, 6.07) is 1.19. The van der Waals surface area contributed by atoms with Gasteiger partial charge in [-0.05, 0) is 40.0 Å². The number of hydrogen-bond acceptors (Lipinski definition) is 4. The molecule has 4 heteroatoms. The van der Waals surface area contributed by atoms with Gasteiger partial charge in [0.15, 0.2) is 0 Å². The van der Waals surface area contributed by atoms with Crippen molar-refractivity contribution in [1.29, 1.82) is 0 Å². The van der Waals surface area contributed by atoms with Gasteiger partial charge in [-0.15, -0.1) is 0 Å². The van der Waals surface area contributed by atoms with E-state index in [1.807, 2.05) is 0 Å². The summed E-state index contributed by atoms with van der Waals surface area (Å²) in [5, 5.41) is 0. The summed E-state index contributed by atoms with van der Waals surface area (Å²) in [4.78, 5) is 5.28. The van der Waals surface area contributed by atoms with Crippen molar-refractivity contribution in [1.82, 2.24) is 9.80 Å². The Hall–Kier alpha value is -0.160. The monoisotopic (exact) mass is 283 g/mol. The third-order valence-electron chi connectivity index (χ3n) is 5.39. The molecule has 2 aliphatic rings. The van der Waals surface area contributed by atoms with Crippen molar-refractivity contribution in [2.24, 2.45) is 5.73 Å². The fraction of sp³-hybridized carbons (Fsp3) is 1.00. The van der Waals surface area contributed by atoms with Crippen molar-refractivity contribution in [2.45, 2.75) is 70.7 Å². The minimum Gasteiger partial charge on any atom is -0.376 e. The predicted molar refractivity (Wildman–Crippen MR) is 83.9 cm³/mol. The lowest BCUT2D eigenvalue weighted by Crippen LogP contribution is -2.66. The molecule has 0 aromatic heterocycles. The molecule has 2 heterocycles. The highest BCUT2D eigenvalue weighted by atomic mass is 16.5. The quantitative estimate of drug-likeness (QED) is 0.852. The van der Waals surface area contributed by atoms with Crippen LogP contribution in [-0.4, -0.2) is 66.3 Å². The Kier molecular flexibility index (Phi) is 5.46. The first-order valence-electron chi connectivity index (χ1n) is 8.35. The fourth-order valence-electron chi connectivity index (χ4n) is 3.83. The van der Waals surface area contributed by atoms with Gasteiger partial charge in [-0.2, -0.15) is 0 Å². The second kappa shape index (κ2) is 6.73. The van der Waals surface area contributed by atoms with Gasteiger partial charge in [0, 0.05) is 43.8 Å². The number of piperidine rings is 1. The highest BCUT2D eigenvalue weighted by Gasteiger charge is 2.43. The highest BCUT2D eigenvalue weighted by Crippen LogP contribution is 2.33. The maximum atomic E-state index is 6.25. The van der Waals surface area contributed by atoms with E-state index in [-0.39, 0.29) is 5.54 Å². The van der Waals surface area contributed by atoms with Gasteiger partial charge in [0.25, 0.3) is 0 Å². The molecule has 2 aliphatic heterocycles. The molecule has 2 unspecified atom stereocenters. The van der Waals surface area contributed by atoms with Crippen LogP contribution < -0.4 is 5.73 Å². The van der Waals surface area contributed by atoms with Gasteiger partial charge < -0.3 is 15.4 Å². The molecule has 2 N–H and O–H groups in total. The summed E-state index contributed by atoms with van der Waals surface area (Å²) in [5.41, 5.74) is 6.45. The van der Waals surface area contributed by atoms with E-state index in [0.717, 1.165) is 26.1 Å². The van der Waals surface area contributed by atoms with Crippen LogP contribution in [0.15, 0.2) is 0 Å². The normalized spacial score (nSPS) is 32.7. The standard InChI is InChI=1S/C16H33N3O/c1-5-15-11-20-14(4)10-19(15)16(12-17)6-8-18(9-7-16)13(2)3/h13-15H,5-12,17H2,1-4H3. The van der Waals surface area contributed by atoms with Crippen LogP contribution in [0.2, 0.25) is 0 Å². The van der Waals surface area contributed by atoms with Crippen molar-refractivity contribution >= 4 is 0 Å². The molecule has 20 heavy (non-hydrogen) atoms. The molecule has 2 fully saturated rings. The highest BCUT2D eigenvalue weighted by molar-refractivity contribution is 5.00. The minimum atomic E-state index is 0.199. The van der Waals surface area contributed by atoms with Crippen LogP contribution in [0.25, 0.3) is 0 Å². The van der Waals surface area contributed by atoms with E-state index in [4.69, 9.17) is 10.5 Å². The zero-order chi connectivity index (χ0) is 14.8. The second-order valence-corrected chi connectivity index (χ2v) is 6.92. The Labute approximate surface area is 124 Å². The van der Waals surface area contributed by atoms with Crippen molar-refractivity contribution in [3.8, 4) is 0 Å². The summed E-state index contributed by atoms with van der Waals surface area (Å²) >= 11 is 0. The number of nitrogens with zero attached hydrogens (tertiary/aromatic N) is 2. The van der Waals surface area contributed by atoms with Gasteiger partial charge in [0.05, 0.1) is 12.7 Å². The summed E-state index contributed by atoms with van der Waals surface area (Å²) in [5.74, 6) is 0. The molecule has 0 radical (unpaired) electrons. The van der Waals surface area contributed by atoms with Crippen molar-refractivity contribution in [3.63, 3.8) is 0 Å². The number of rotatable bonds is 4. The molecule has 0 bridgehead atoms. The lowest BCUT2D eigenvalue weighted by Gasteiger charge is -2.54. The Morgan fingerprint density at radius 2 is 1.95 bits per heavy atom. The molecule has 2 saturated heterocycles. The Morgan fingerprint density at radius 1 is 1.30 bits per heavy atom. The van der Waals surface area contributed by atoms with Crippen LogP contribution in [0.3, 0.4) is 0 Å². The van der Waals surface area contributed by atoms with Crippen LogP contribution in [0, 0.1) is 0 Å². The maximum absolute atomic E-state index is 6.25. The van der Waals surface area contributed by atoms with Crippen LogP contribution in [0.5, 0.6) is 0 Å². The Morgan fingerprint density at radius 3 is 2.45 bits per heavy atom. The summed E-state index contributed by atoms with van der Waals surface area (Å²) < 4.78 is 5.86. The predicted octanol–water partition coefficient (Wildman–Crippen LogP) is 1.69. The summed E-state index contributed by atoms with van der Waals surface area (Å²) in [7, 11) is 0. The van der Waals surface area contributed by atoms with Crippen LogP contribution in [0.1, 0.15) is 47.0 Å². The lowest BCUT2D eigenvalue weighted by atomic mass is 9.83. The van der Waals surface area contributed by atoms with E-state index in [0.29, 0.717) is 18.2 Å². The first-order valence-corrected chi connectivity index (χ1v) is 8.35. The number of ether oxygens (including phenoxy) is 1. The molecular weight excluding hydrogens is 250 g/mol. The molecule has 4 nitrogen and oxygen atoms in total. The molecule has 0 spiro atoms. The van der Waals surface area contributed by atoms with Crippen LogP contribution in [-0.2, 0) is 4.74 Å². The molecule has 0 aromatic rings. The summed E-state index contributed by atoms with van der Waals surface area (Å²) in [6.45, 7) is 14.1. The molecule has 2 rings (SSSR count). The first kappa shape index (κ1) is 16.2. The smallest absolute Gasteiger partial charge is 0.0675 e. The average Bonchev–Trinajstić information content (AvgIpc) is 2.47. The minimum absolute atomic E-state index is 0.199. The van der Waals surface area contributed by atoms with E-state index < -0.39 is 0 Å². The number of likely N-dealkylation sites (tertiary alicyclic amines) is 1. The molecule has 0 saturated carbocycles. The topological polar surface area (TPSA) is 41.7 Å². The van der Waals surface area contributed by atoms with Crippen molar-refractivity contribution in [3.05, 3.63) is 0 Å². The molecule has 0 aromatic carbocycles. The maximum Gasteiger partial charge on any atom is 0.0675 e. The molecule has 2 atom stereocenters. The van der Waals surface area contributed by atoms with E-state index in [9.17, 15) is 0 Å². The van der Waals surface area contributed by atoms with Crippen molar-refractivity contribution in [2.75, 3.05) is 32.8 Å². The summed E-state index contributed by atoms with van der Waals surface area (Å²) in [6.07, 6.45) is 3.89. The molecule has 0 amide bonds. The fourth-order valence-corrected chi connectivity index (χ4v) is 3.83. The largest absolute Gasteiger partial charge is 0.376 e. The molecule has 118 valence electrons. The van der Waals surface area contributed by atoms with Gasteiger partial charge >= 0.3 is 0 Å². The third kappa shape index (κ3) is 3.19. The molecular formula is C16H33N3O. The third-order valence-corrected chi connectivity index (χ3v) is 5.39. The first-order chi connectivity index (χ1) is 9.52. The van der Waals surface area contributed by atoms with Crippen LogP contribution in [0.4, 0.5) is 0 Å². The zero-order valence-corrected chi connectivity index (χ0v) is 13.8. The Balaban J connectivity index is 2.09. The molecule has 0 aliphatic carbocycles. The van der Waals surface area contributed by atoms with Gasteiger partial charge in [-0.3, -0.25) is 4.90 Å². The van der Waals surface area contributed by atoms with Gasteiger partial charge in [-0.25, -0.2) is 0 Å². The number of nitrogens with two attached hydrogens (primary N) is 1.